The molecule has 0 aliphatic carbocycles. The Hall–Kier alpha value is -2.45. The van der Waals surface area contributed by atoms with E-state index in [0.29, 0.717) is 12.1 Å². The lowest BCUT2D eigenvalue weighted by molar-refractivity contribution is -0.138. The van der Waals surface area contributed by atoms with E-state index in [1.54, 1.807) is 0 Å². The third-order valence-corrected chi connectivity index (χ3v) is 3.95. The molecule has 2 aromatic rings. The summed E-state index contributed by atoms with van der Waals surface area (Å²) in [5, 5.41) is 0. The van der Waals surface area contributed by atoms with Crippen LogP contribution in [0.2, 0.25) is 0 Å². The molecule has 0 radical (unpaired) electrons. The zero-order valence-corrected chi connectivity index (χ0v) is 14.2. The Bertz CT molecular complexity index is 782. The Labute approximate surface area is 155 Å². The molecule has 0 saturated heterocycles. The molecule has 1 nitrogen and oxygen atoms in total. The fourth-order valence-electron chi connectivity index (χ4n) is 2.61. The fourth-order valence-corrected chi connectivity index (χ4v) is 2.61. The molecule has 2 aromatic carbocycles. The highest BCUT2D eigenvalue weighted by molar-refractivity contribution is 5.78. The lowest BCUT2D eigenvalue weighted by Gasteiger charge is -2.10. The van der Waals surface area contributed by atoms with Gasteiger partial charge in [0, 0.05) is 12.8 Å². The molecule has 2 rings (SSSR count). The van der Waals surface area contributed by atoms with E-state index in [1.807, 2.05) is 0 Å². The van der Waals surface area contributed by atoms with Gasteiger partial charge in [-0.15, -0.1) is 0 Å². The van der Waals surface area contributed by atoms with Crippen LogP contribution < -0.4 is 0 Å². The molecular formula is C19H14F8O. The minimum Gasteiger partial charge on any atom is -0.300 e. The van der Waals surface area contributed by atoms with Crippen molar-refractivity contribution in [2.45, 2.75) is 38.0 Å². The average molecular weight is 410 g/mol. The van der Waals surface area contributed by atoms with Gasteiger partial charge in [0.05, 0.1) is 11.1 Å². The van der Waals surface area contributed by atoms with Crippen LogP contribution >= 0.6 is 0 Å². The van der Waals surface area contributed by atoms with Crippen LogP contribution in [0.1, 0.15) is 35.1 Å². The van der Waals surface area contributed by atoms with Gasteiger partial charge >= 0.3 is 12.4 Å². The molecule has 0 aromatic heterocycles. The number of aryl methyl sites for hydroxylation is 2. The topological polar surface area (TPSA) is 17.1 Å². The summed E-state index contributed by atoms with van der Waals surface area (Å²) in [5.41, 5.74) is -2.39. The number of halogens is 8. The van der Waals surface area contributed by atoms with Crippen molar-refractivity contribution in [3.8, 4) is 0 Å². The van der Waals surface area contributed by atoms with Crippen molar-refractivity contribution in [1.29, 1.82) is 0 Å². The molecule has 0 aliphatic heterocycles. The molecule has 28 heavy (non-hydrogen) atoms. The zero-order valence-electron chi connectivity index (χ0n) is 14.2. The van der Waals surface area contributed by atoms with Crippen LogP contribution in [0.25, 0.3) is 0 Å². The van der Waals surface area contributed by atoms with E-state index in [9.17, 15) is 39.9 Å². The van der Waals surface area contributed by atoms with Crippen LogP contribution in [-0.2, 0) is 30.0 Å². The Morgan fingerprint density at radius 3 is 1.32 bits per heavy atom. The molecule has 0 atom stereocenters. The lowest BCUT2D eigenvalue weighted by Crippen LogP contribution is -2.08. The molecule has 0 bridgehead atoms. The molecule has 152 valence electrons. The van der Waals surface area contributed by atoms with Crippen molar-refractivity contribution in [3.63, 3.8) is 0 Å². The van der Waals surface area contributed by atoms with Gasteiger partial charge in [-0.2, -0.15) is 26.3 Å². The summed E-state index contributed by atoms with van der Waals surface area (Å²) in [4.78, 5) is 11.9. The summed E-state index contributed by atoms with van der Waals surface area (Å²) in [6, 6.07) is 3.91. The number of rotatable bonds is 6. The standard InChI is InChI=1S/C19H14F8O/c20-15-7-11(5-13(9-15)18(22,23)24)1-3-17(28)4-2-12-6-14(19(25,26)27)10-16(21)8-12/h5-10H,1-4H2. The largest absolute Gasteiger partial charge is 0.416 e. The summed E-state index contributed by atoms with van der Waals surface area (Å²) < 4.78 is 103. The van der Waals surface area contributed by atoms with Gasteiger partial charge < -0.3 is 0 Å². The van der Waals surface area contributed by atoms with Crippen molar-refractivity contribution < 1.29 is 39.9 Å². The first-order chi connectivity index (χ1) is 12.8. The Morgan fingerprint density at radius 2 is 1.00 bits per heavy atom. The van der Waals surface area contributed by atoms with Crippen molar-refractivity contribution in [3.05, 3.63) is 70.3 Å². The molecular weight excluding hydrogens is 396 g/mol. The minimum atomic E-state index is -4.73. The highest BCUT2D eigenvalue weighted by atomic mass is 19.4. The predicted molar refractivity (Wildman–Crippen MR) is 84.5 cm³/mol. The summed E-state index contributed by atoms with van der Waals surface area (Å²) in [7, 11) is 0. The molecule has 0 heterocycles. The second-order valence-electron chi connectivity index (χ2n) is 6.23. The van der Waals surface area contributed by atoms with Gasteiger partial charge in [-0.25, -0.2) is 8.78 Å². The number of Topliss-reactive ketones (excluding diaryl/α,β-unsaturated/α-hetero) is 1. The first kappa shape index (κ1) is 21.8. The smallest absolute Gasteiger partial charge is 0.300 e. The summed E-state index contributed by atoms with van der Waals surface area (Å²) >= 11 is 0. The minimum absolute atomic E-state index is 0.0224. The van der Waals surface area contributed by atoms with E-state index < -0.39 is 40.9 Å². The van der Waals surface area contributed by atoms with Gasteiger partial charge in [-0.1, -0.05) is 0 Å². The highest BCUT2D eigenvalue weighted by Gasteiger charge is 2.32. The average Bonchev–Trinajstić information content (AvgIpc) is 2.55. The number of carbonyl (C=O) groups is 1. The van der Waals surface area contributed by atoms with Crippen molar-refractivity contribution in [2.24, 2.45) is 0 Å². The number of alkyl halides is 6. The van der Waals surface area contributed by atoms with Crippen LogP contribution in [0.15, 0.2) is 36.4 Å². The normalized spacial score (nSPS) is 12.3. The Morgan fingerprint density at radius 1 is 0.643 bits per heavy atom. The van der Waals surface area contributed by atoms with E-state index in [-0.39, 0.29) is 36.8 Å². The van der Waals surface area contributed by atoms with Crippen LogP contribution in [0.4, 0.5) is 35.1 Å². The van der Waals surface area contributed by atoms with E-state index in [0.717, 1.165) is 24.3 Å². The first-order valence-corrected chi connectivity index (χ1v) is 8.09. The van der Waals surface area contributed by atoms with Crippen LogP contribution in [0, 0.1) is 11.6 Å². The third kappa shape index (κ3) is 6.31. The van der Waals surface area contributed by atoms with Gasteiger partial charge in [0.1, 0.15) is 17.4 Å². The van der Waals surface area contributed by atoms with Crippen molar-refractivity contribution >= 4 is 5.78 Å². The van der Waals surface area contributed by atoms with Crippen LogP contribution in [0.5, 0.6) is 0 Å². The van der Waals surface area contributed by atoms with Gasteiger partial charge in [0.2, 0.25) is 0 Å². The molecule has 0 unspecified atom stereocenters. The number of carbonyl (C=O) groups excluding carboxylic acids is 1. The van der Waals surface area contributed by atoms with Gasteiger partial charge in [-0.05, 0) is 60.4 Å². The molecule has 0 saturated carbocycles. The maximum absolute atomic E-state index is 13.3. The van der Waals surface area contributed by atoms with Gasteiger partial charge in [-0.3, -0.25) is 4.79 Å². The SMILES string of the molecule is O=C(CCc1cc(F)cc(C(F)(F)F)c1)CCc1cc(F)cc(C(F)(F)F)c1. The monoisotopic (exact) mass is 410 g/mol. The summed E-state index contributed by atoms with van der Waals surface area (Å²) in [5.74, 6) is -2.62. The van der Waals surface area contributed by atoms with E-state index in [4.69, 9.17) is 0 Å². The number of ketones is 1. The fraction of sp³-hybridized carbons (Fsp3) is 0.316. The van der Waals surface area contributed by atoms with Gasteiger partial charge in [0.15, 0.2) is 0 Å². The maximum atomic E-state index is 13.3. The van der Waals surface area contributed by atoms with Crippen LogP contribution in [0.3, 0.4) is 0 Å². The molecule has 9 heteroatoms. The second-order valence-corrected chi connectivity index (χ2v) is 6.23. The maximum Gasteiger partial charge on any atom is 0.416 e. The molecule has 0 fully saturated rings. The number of hydrogen-bond donors (Lipinski definition) is 0. The second kappa shape index (κ2) is 8.28. The molecule has 0 aliphatic rings. The lowest BCUT2D eigenvalue weighted by atomic mass is 10.00. The van der Waals surface area contributed by atoms with E-state index >= 15 is 0 Å². The molecule has 0 spiro atoms. The van der Waals surface area contributed by atoms with Crippen molar-refractivity contribution in [1.82, 2.24) is 0 Å². The third-order valence-electron chi connectivity index (χ3n) is 3.95. The summed E-state index contributed by atoms with van der Waals surface area (Å²) in [6.07, 6.45) is -10.2. The van der Waals surface area contributed by atoms with E-state index in [1.165, 1.54) is 0 Å². The summed E-state index contributed by atoms with van der Waals surface area (Å²) in [6.45, 7) is 0. The van der Waals surface area contributed by atoms with E-state index in [2.05, 4.69) is 0 Å². The quantitative estimate of drug-likeness (QED) is 0.523. The number of benzene rings is 2. The van der Waals surface area contributed by atoms with Gasteiger partial charge in [0.25, 0.3) is 0 Å². The highest BCUT2D eigenvalue weighted by Crippen LogP contribution is 2.31. The van der Waals surface area contributed by atoms with Crippen molar-refractivity contribution in [2.75, 3.05) is 0 Å². The number of hydrogen-bond acceptors (Lipinski definition) is 1. The Balaban J connectivity index is 1.97. The van der Waals surface area contributed by atoms with Crippen LogP contribution in [-0.4, -0.2) is 5.78 Å². The zero-order chi connectivity index (χ0) is 21.1. The molecule has 0 amide bonds. The predicted octanol–water partition coefficient (Wildman–Crippen LogP) is 6.14. The first-order valence-electron chi connectivity index (χ1n) is 8.09. The molecule has 0 N–H and O–H groups in total. The Kier molecular flexibility index (Phi) is 6.46.